The molecule has 0 spiro atoms. The van der Waals surface area contributed by atoms with Gasteiger partial charge in [-0.25, -0.2) is 0 Å². The lowest BCUT2D eigenvalue weighted by molar-refractivity contribution is 0.918. The zero-order valence-electron chi connectivity index (χ0n) is 8.72. The Labute approximate surface area is 85.8 Å². The molecule has 0 aliphatic carbocycles. The minimum Gasteiger partial charge on any atom is -0.385 e. The fourth-order valence-electron chi connectivity index (χ4n) is 1.86. The van der Waals surface area contributed by atoms with E-state index in [-0.39, 0.29) is 0 Å². The Bertz CT molecular complexity index is 322. The molecule has 1 aliphatic rings. The Balaban J connectivity index is 2.13. The molecule has 1 aromatic carbocycles. The first-order valence-corrected chi connectivity index (χ1v) is 5.43. The largest absolute Gasteiger partial charge is 0.385 e. The summed E-state index contributed by atoms with van der Waals surface area (Å²) < 4.78 is 0. The topological polar surface area (TPSA) is 12.0 Å². The highest BCUT2D eigenvalue weighted by Crippen LogP contribution is 2.17. The van der Waals surface area contributed by atoms with Crippen LogP contribution >= 0.6 is 0 Å². The van der Waals surface area contributed by atoms with Crippen molar-refractivity contribution in [3.8, 4) is 0 Å². The van der Waals surface area contributed by atoms with Gasteiger partial charge in [-0.1, -0.05) is 43.7 Å². The Morgan fingerprint density at radius 2 is 2.00 bits per heavy atom. The molecule has 0 aromatic heterocycles. The first kappa shape index (κ1) is 9.32. The standard InChI is InChI=1S/C13H17N/c1-2-4-11-6-8-12(9-7-11)13-5-3-10-14-13/h5-9,14H,2-4,10H2,1H3. The van der Waals surface area contributed by atoms with Crippen LogP contribution in [0.2, 0.25) is 0 Å². The molecule has 1 heterocycles. The van der Waals surface area contributed by atoms with Gasteiger partial charge in [-0.3, -0.25) is 0 Å². The minimum absolute atomic E-state index is 1.09. The second kappa shape index (κ2) is 4.32. The third-order valence-electron chi connectivity index (χ3n) is 2.61. The molecule has 0 bridgehead atoms. The summed E-state index contributed by atoms with van der Waals surface area (Å²) in [4.78, 5) is 0. The molecular formula is C13H17N. The van der Waals surface area contributed by atoms with Gasteiger partial charge in [0.2, 0.25) is 0 Å². The fraction of sp³-hybridized carbons (Fsp3) is 0.385. The summed E-state index contributed by atoms with van der Waals surface area (Å²) in [5.74, 6) is 0. The molecule has 0 unspecified atom stereocenters. The molecule has 0 radical (unpaired) electrons. The number of hydrogen-bond acceptors (Lipinski definition) is 1. The van der Waals surface area contributed by atoms with Crippen LogP contribution in [-0.4, -0.2) is 6.54 Å². The van der Waals surface area contributed by atoms with E-state index in [1.165, 1.54) is 29.7 Å². The van der Waals surface area contributed by atoms with Gasteiger partial charge in [0.05, 0.1) is 0 Å². The van der Waals surface area contributed by atoms with Crippen LogP contribution in [-0.2, 0) is 6.42 Å². The molecule has 0 saturated heterocycles. The first-order chi connectivity index (χ1) is 6.90. The summed E-state index contributed by atoms with van der Waals surface area (Å²) in [6, 6.07) is 8.91. The minimum atomic E-state index is 1.09. The van der Waals surface area contributed by atoms with Crippen molar-refractivity contribution in [1.82, 2.24) is 5.32 Å². The molecule has 0 saturated carbocycles. The number of benzene rings is 1. The van der Waals surface area contributed by atoms with Gasteiger partial charge in [-0.2, -0.15) is 0 Å². The van der Waals surface area contributed by atoms with Crippen LogP contribution in [0.25, 0.3) is 5.70 Å². The van der Waals surface area contributed by atoms with Crippen molar-refractivity contribution in [2.24, 2.45) is 0 Å². The fourth-order valence-corrected chi connectivity index (χ4v) is 1.86. The Hall–Kier alpha value is -1.24. The average Bonchev–Trinajstić information content (AvgIpc) is 2.72. The van der Waals surface area contributed by atoms with Crippen LogP contribution in [0.4, 0.5) is 0 Å². The third-order valence-corrected chi connectivity index (χ3v) is 2.61. The maximum absolute atomic E-state index is 3.39. The molecular weight excluding hydrogens is 170 g/mol. The summed E-state index contributed by atoms with van der Waals surface area (Å²) in [6.07, 6.45) is 5.84. The predicted octanol–water partition coefficient (Wildman–Crippen LogP) is 2.97. The molecule has 2 rings (SSSR count). The van der Waals surface area contributed by atoms with Gasteiger partial charge in [-0.15, -0.1) is 0 Å². The zero-order chi connectivity index (χ0) is 9.80. The summed E-state index contributed by atoms with van der Waals surface area (Å²) >= 11 is 0. The van der Waals surface area contributed by atoms with Crippen LogP contribution in [0, 0.1) is 0 Å². The zero-order valence-corrected chi connectivity index (χ0v) is 8.72. The van der Waals surface area contributed by atoms with Crippen molar-refractivity contribution < 1.29 is 0 Å². The van der Waals surface area contributed by atoms with Crippen LogP contribution in [0.5, 0.6) is 0 Å². The molecule has 0 atom stereocenters. The molecule has 1 nitrogen and oxygen atoms in total. The number of nitrogens with one attached hydrogen (secondary N) is 1. The van der Waals surface area contributed by atoms with E-state index in [1.54, 1.807) is 0 Å². The third kappa shape index (κ3) is 1.98. The quantitative estimate of drug-likeness (QED) is 0.767. The average molecular weight is 187 g/mol. The van der Waals surface area contributed by atoms with Crippen molar-refractivity contribution in [2.75, 3.05) is 6.54 Å². The van der Waals surface area contributed by atoms with E-state index in [4.69, 9.17) is 0 Å². The predicted molar refractivity (Wildman–Crippen MR) is 61.0 cm³/mol. The van der Waals surface area contributed by atoms with E-state index >= 15 is 0 Å². The Morgan fingerprint density at radius 3 is 2.57 bits per heavy atom. The van der Waals surface area contributed by atoms with E-state index in [1.807, 2.05) is 0 Å². The van der Waals surface area contributed by atoms with Gasteiger partial charge in [0.1, 0.15) is 0 Å². The Kier molecular flexibility index (Phi) is 2.87. The number of hydrogen-bond donors (Lipinski definition) is 1. The maximum Gasteiger partial charge on any atom is 0.0374 e. The van der Waals surface area contributed by atoms with E-state index in [0.717, 1.165) is 13.0 Å². The van der Waals surface area contributed by atoms with Gasteiger partial charge in [0.15, 0.2) is 0 Å². The number of rotatable bonds is 3. The van der Waals surface area contributed by atoms with Crippen LogP contribution in [0.3, 0.4) is 0 Å². The second-order valence-corrected chi connectivity index (χ2v) is 3.78. The van der Waals surface area contributed by atoms with E-state index in [0.29, 0.717) is 0 Å². The monoisotopic (exact) mass is 187 g/mol. The van der Waals surface area contributed by atoms with Gasteiger partial charge in [0, 0.05) is 12.2 Å². The molecule has 1 aliphatic heterocycles. The van der Waals surface area contributed by atoms with Crippen molar-refractivity contribution in [2.45, 2.75) is 26.2 Å². The lowest BCUT2D eigenvalue weighted by Crippen LogP contribution is -2.05. The molecule has 0 fully saturated rings. The van der Waals surface area contributed by atoms with Crippen molar-refractivity contribution >= 4 is 5.70 Å². The maximum atomic E-state index is 3.39. The van der Waals surface area contributed by atoms with Gasteiger partial charge in [0.25, 0.3) is 0 Å². The number of aryl methyl sites for hydroxylation is 1. The lowest BCUT2D eigenvalue weighted by atomic mass is 10.1. The molecule has 1 heteroatoms. The van der Waals surface area contributed by atoms with E-state index in [2.05, 4.69) is 42.6 Å². The second-order valence-electron chi connectivity index (χ2n) is 3.78. The molecule has 0 amide bonds. The van der Waals surface area contributed by atoms with Crippen molar-refractivity contribution in [1.29, 1.82) is 0 Å². The molecule has 1 N–H and O–H groups in total. The molecule has 74 valence electrons. The van der Waals surface area contributed by atoms with Gasteiger partial charge >= 0.3 is 0 Å². The van der Waals surface area contributed by atoms with Crippen LogP contribution in [0.1, 0.15) is 30.9 Å². The van der Waals surface area contributed by atoms with Crippen LogP contribution in [0.15, 0.2) is 30.3 Å². The summed E-state index contributed by atoms with van der Waals surface area (Å²) in [6.45, 7) is 3.31. The summed E-state index contributed by atoms with van der Waals surface area (Å²) in [5.41, 5.74) is 4.06. The highest BCUT2D eigenvalue weighted by molar-refractivity contribution is 5.65. The van der Waals surface area contributed by atoms with Gasteiger partial charge in [-0.05, 0) is 24.0 Å². The van der Waals surface area contributed by atoms with Crippen molar-refractivity contribution in [3.05, 3.63) is 41.5 Å². The summed E-state index contributed by atoms with van der Waals surface area (Å²) in [5, 5.41) is 3.39. The first-order valence-electron chi connectivity index (χ1n) is 5.43. The summed E-state index contributed by atoms with van der Waals surface area (Å²) in [7, 11) is 0. The lowest BCUT2D eigenvalue weighted by Gasteiger charge is -2.05. The van der Waals surface area contributed by atoms with E-state index < -0.39 is 0 Å². The molecule has 1 aromatic rings. The molecule has 14 heavy (non-hydrogen) atoms. The smallest absolute Gasteiger partial charge is 0.0374 e. The van der Waals surface area contributed by atoms with Gasteiger partial charge < -0.3 is 5.32 Å². The SMILES string of the molecule is CCCc1ccc(C2=CCCN2)cc1. The van der Waals surface area contributed by atoms with Crippen molar-refractivity contribution in [3.63, 3.8) is 0 Å². The Morgan fingerprint density at radius 1 is 1.21 bits per heavy atom. The highest BCUT2D eigenvalue weighted by atomic mass is 14.9. The highest BCUT2D eigenvalue weighted by Gasteiger charge is 2.04. The van der Waals surface area contributed by atoms with E-state index in [9.17, 15) is 0 Å². The normalized spacial score (nSPS) is 15.1. The van der Waals surface area contributed by atoms with Crippen LogP contribution < -0.4 is 5.32 Å².